The summed E-state index contributed by atoms with van der Waals surface area (Å²) in [6.45, 7) is 9.21. The highest BCUT2D eigenvalue weighted by Gasteiger charge is 2.25. The standard InChI is InChI=1S/C15H25BrN4O/c1-10(2)9-19-15(21)14(16)13(8-17-19)18-20-11(3)6-5-7-12(20)4/h8,10-12,18H,5-7,9H2,1-4H3. The Morgan fingerprint density at radius 2 is 2.00 bits per heavy atom. The molecule has 1 saturated heterocycles. The predicted molar refractivity (Wildman–Crippen MR) is 89.3 cm³/mol. The van der Waals surface area contributed by atoms with Gasteiger partial charge >= 0.3 is 0 Å². The van der Waals surface area contributed by atoms with E-state index in [-0.39, 0.29) is 5.56 Å². The molecule has 0 aromatic carbocycles. The maximum atomic E-state index is 12.3. The maximum absolute atomic E-state index is 12.3. The van der Waals surface area contributed by atoms with Gasteiger partial charge in [0.15, 0.2) is 0 Å². The van der Waals surface area contributed by atoms with Crippen LogP contribution in [0.25, 0.3) is 0 Å². The van der Waals surface area contributed by atoms with Crippen molar-refractivity contribution in [1.82, 2.24) is 14.8 Å². The third kappa shape index (κ3) is 3.86. The van der Waals surface area contributed by atoms with Gasteiger partial charge in [-0.15, -0.1) is 0 Å². The lowest BCUT2D eigenvalue weighted by molar-refractivity contribution is 0.135. The number of piperidine rings is 1. The molecule has 21 heavy (non-hydrogen) atoms. The minimum Gasteiger partial charge on any atom is -0.316 e. The van der Waals surface area contributed by atoms with Crippen LogP contribution in [0, 0.1) is 5.92 Å². The molecule has 1 aromatic heterocycles. The molecule has 1 aliphatic heterocycles. The Labute approximate surface area is 134 Å². The molecule has 1 N–H and O–H groups in total. The van der Waals surface area contributed by atoms with E-state index < -0.39 is 0 Å². The van der Waals surface area contributed by atoms with E-state index in [1.54, 1.807) is 6.20 Å². The van der Waals surface area contributed by atoms with Crippen LogP contribution in [0.5, 0.6) is 0 Å². The van der Waals surface area contributed by atoms with Crippen molar-refractivity contribution in [3.05, 3.63) is 21.0 Å². The van der Waals surface area contributed by atoms with Crippen LogP contribution in [-0.4, -0.2) is 26.9 Å². The monoisotopic (exact) mass is 356 g/mol. The van der Waals surface area contributed by atoms with Crippen molar-refractivity contribution in [3.63, 3.8) is 0 Å². The van der Waals surface area contributed by atoms with E-state index in [4.69, 9.17) is 0 Å². The van der Waals surface area contributed by atoms with Crippen LogP contribution in [-0.2, 0) is 6.54 Å². The summed E-state index contributed by atoms with van der Waals surface area (Å²) in [6.07, 6.45) is 5.34. The summed E-state index contributed by atoms with van der Waals surface area (Å²) in [5, 5.41) is 6.51. The predicted octanol–water partition coefficient (Wildman–Crippen LogP) is 3.25. The van der Waals surface area contributed by atoms with Crippen LogP contribution in [0.4, 0.5) is 5.69 Å². The van der Waals surface area contributed by atoms with Crippen LogP contribution in [0.2, 0.25) is 0 Å². The highest BCUT2D eigenvalue weighted by Crippen LogP contribution is 2.25. The van der Waals surface area contributed by atoms with Gasteiger partial charge in [-0.25, -0.2) is 9.69 Å². The summed E-state index contributed by atoms with van der Waals surface area (Å²) in [4.78, 5) is 12.3. The van der Waals surface area contributed by atoms with Crippen molar-refractivity contribution in [3.8, 4) is 0 Å². The zero-order valence-electron chi connectivity index (χ0n) is 13.3. The summed E-state index contributed by atoms with van der Waals surface area (Å²) in [5.41, 5.74) is 4.05. The first-order valence-electron chi connectivity index (χ1n) is 7.70. The third-order valence-electron chi connectivity index (χ3n) is 3.97. The fourth-order valence-electron chi connectivity index (χ4n) is 2.80. The molecule has 5 nitrogen and oxygen atoms in total. The van der Waals surface area contributed by atoms with Gasteiger partial charge < -0.3 is 5.43 Å². The topological polar surface area (TPSA) is 50.2 Å². The van der Waals surface area contributed by atoms with Gasteiger partial charge in [0.1, 0.15) is 4.47 Å². The zero-order valence-corrected chi connectivity index (χ0v) is 14.9. The van der Waals surface area contributed by atoms with E-state index in [1.165, 1.54) is 23.9 Å². The second-order valence-corrected chi connectivity index (χ2v) is 7.19. The lowest BCUT2D eigenvalue weighted by Gasteiger charge is -2.39. The average Bonchev–Trinajstić information content (AvgIpc) is 2.41. The number of halogens is 1. The summed E-state index contributed by atoms with van der Waals surface area (Å²) in [5.74, 6) is 0.392. The number of nitrogens with zero attached hydrogens (tertiary/aromatic N) is 3. The van der Waals surface area contributed by atoms with Crippen LogP contribution < -0.4 is 11.0 Å². The normalized spacial score (nSPS) is 23.5. The van der Waals surface area contributed by atoms with E-state index in [2.05, 4.69) is 59.2 Å². The first-order valence-corrected chi connectivity index (χ1v) is 8.50. The molecule has 2 unspecified atom stereocenters. The Morgan fingerprint density at radius 1 is 1.38 bits per heavy atom. The number of hydrogen-bond donors (Lipinski definition) is 1. The van der Waals surface area contributed by atoms with Crippen LogP contribution >= 0.6 is 15.9 Å². The zero-order chi connectivity index (χ0) is 15.6. The van der Waals surface area contributed by atoms with Gasteiger partial charge in [-0.05, 0) is 48.5 Å². The molecule has 2 heterocycles. The van der Waals surface area contributed by atoms with Gasteiger partial charge in [0.2, 0.25) is 0 Å². The number of rotatable bonds is 4. The molecule has 0 bridgehead atoms. The highest BCUT2D eigenvalue weighted by atomic mass is 79.9. The summed E-state index contributed by atoms with van der Waals surface area (Å²) in [6, 6.07) is 0.914. The van der Waals surface area contributed by atoms with Gasteiger partial charge in [-0.1, -0.05) is 20.3 Å². The summed E-state index contributed by atoms with van der Waals surface area (Å²) >= 11 is 3.43. The first kappa shape index (κ1) is 16.5. The number of aromatic nitrogens is 2. The van der Waals surface area contributed by atoms with Crippen LogP contribution in [0.3, 0.4) is 0 Å². The summed E-state index contributed by atoms with van der Waals surface area (Å²) in [7, 11) is 0. The van der Waals surface area contributed by atoms with Crippen molar-refractivity contribution in [2.75, 3.05) is 5.43 Å². The number of hydrogen-bond acceptors (Lipinski definition) is 4. The molecule has 0 aliphatic carbocycles. The van der Waals surface area contributed by atoms with Crippen molar-refractivity contribution < 1.29 is 0 Å². The van der Waals surface area contributed by atoms with Gasteiger partial charge in [-0.2, -0.15) is 5.10 Å². The quantitative estimate of drug-likeness (QED) is 0.899. The van der Waals surface area contributed by atoms with Gasteiger partial charge in [0, 0.05) is 18.6 Å². The van der Waals surface area contributed by atoms with Crippen LogP contribution in [0.15, 0.2) is 15.5 Å². The fourth-order valence-corrected chi connectivity index (χ4v) is 3.20. The van der Waals surface area contributed by atoms with Crippen LogP contribution in [0.1, 0.15) is 47.0 Å². The van der Waals surface area contributed by atoms with E-state index in [9.17, 15) is 4.79 Å². The second-order valence-electron chi connectivity index (χ2n) is 6.40. The molecule has 1 aliphatic rings. The molecule has 0 spiro atoms. The minimum atomic E-state index is -0.0778. The Balaban J connectivity index is 2.21. The molecule has 0 saturated carbocycles. The molecule has 1 fully saturated rings. The van der Waals surface area contributed by atoms with Crippen molar-refractivity contribution >= 4 is 21.6 Å². The number of hydrazine groups is 1. The Bertz CT molecular complexity index is 533. The molecular weight excluding hydrogens is 332 g/mol. The Hall–Kier alpha value is -0.880. The lowest BCUT2D eigenvalue weighted by atomic mass is 10.00. The van der Waals surface area contributed by atoms with E-state index >= 15 is 0 Å². The summed E-state index contributed by atoms with van der Waals surface area (Å²) < 4.78 is 2.08. The second kappa shape index (κ2) is 6.92. The average molecular weight is 357 g/mol. The SMILES string of the molecule is CC(C)Cn1ncc(NN2C(C)CCCC2C)c(Br)c1=O. The molecule has 2 atom stereocenters. The Morgan fingerprint density at radius 3 is 2.57 bits per heavy atom. The van der Waals surface area contributed by atoms with Crippen molar-refractivity contribution in [1.29, 1.82) is 0 Å². The fraction of sp³-hybridized carbons (Fsp3) is 0.733. The van der Waals surface area contributed by atoms with Gasteiger partial charge in [0.25, 0.3) is 5.56 Å². The molecular formula is C15H25BrN4O. The first-order chi connectivity index (χ1) is 9.90. The van der Waals surface area contributed by atoms with E-state index in [0.29, 0.717) is 29.0 Å². The lowest BCUT2D eigenvalue weighted by Crippen LogP contribution is -2.47. The molecule has 0 radical (unpaired) electrons. The highest BCUT2D eigenvalue weighted by molar-refractivity contribution is 9.10. The van der Waals surface area contributed by atoms with Crippen molar-refractivity contribution in [2.24, 2.45) is 5.92 Å². The van der Waals surface area contributed by atoms with E-state index in [0.717, 1.165) is 5.69 Å². The number of nitrogens with one attached hydrogen (secondary N) is 1. The van der Waals surface area contributed by atoms with Gasteiger partial charge in [-0.3, -0.25) is 4.79 Å². The molecule has 2 rings (SSSR count). The largest absolute Gasteiger partial charge is 0.316 e. The molecule has 6 heteroatoms. The van der Waals surface area contributed by atoms with Crippen molar-refractivity contribution in [2.45, 2.75) is 65.6 Å². The molecule has 0 amide bonds. The Kier molecular flexibility index (Phi) is 5.43. The molecule has 1 aromatic rings. The van der Waals surface area contributed by atoms with E-state index in [1.807, 2.05) is 0 Å². The smallest absolute Gasteiger partial charge is 0.283 e. The molecule has 118 valence electrons. The number of anilines is 1. The van der Waals surface area contributed by atoms with Gasteiger partial charge in [0.05, 0.1) is 11.9 Å². The maximum Gasteiger partial charge on any atom is 0.283 e. The third-order valence-corrected chi connectivity index (χ3v) is 4.73. The minimum absolute atomic E-state index is 0.0778.